The highest BCUT2D eigenvalue weighted by Gasteiger charge is 2.09. The maximum absolute atomic E-state index is 6.17. The average molecular weight is 345 g/mol. The molecule has 114 valence electrons. The van der Waals surface area contributed by atoms with Crippen LogP contribution in [0, 0.1) is 6.92 Å². The summed E-state index contributed by atoms with van der Waals surface area (Å²) >= 11 is 14.0. The predicted molar refractivity (Wildman–Crippen MR) is 92.1 cm³/mol. The Kier molecular flexibility index (Phi) is 6.08. The Bertz CT molecular complexity index is 601. The van der Waals surface area contributed by atoms with Gasteiger partial charge in [-0.3, -0.25) is 0 Å². The Morgan fingerprint density at radius 1 is 1.10 bits per heavy atom. The SMILES string of the molecule is CCCNc1nc(NCCc2csc(C)n2)c(Cl)cc1Cl. The molecule has 0 bridgehead atoms. The Balaban J connectivity index is 1.98. The number of anilines is 2. The quantitative estimate of drug-likeness (QED) is 0.768. The molecular weight excluding hydrogens is 327 g/mol. The van der Waals surface area contributed by atoms with Crippen LogP contribution in [-0.4, -0.2) is 23.1 Å². The first-order chi connectivity index (χ1) is 10.1. The van der Waals surface area contributed by atoms with Crippen molar-refractivity contribution in [1.29, 1.82) is 0 Å². The molecule has 0 aliphatic carbocycles. The summed E-state index contributed by atoms with van der Waals surface area (Å²) in [5.74, 6) is 1.31. The van der Waals surface area contributed by atoms with E-state index in [4.69, 9.17) is 23.2 Å². The highest BCUT2D eigenvalue weighted by atomic mass is 35.5. The van der Waals surface area contributed by atoms with Crippen LogP contribution < -0.4 is 10.6 Å². The van der Waals surface area contributed by atoms with E-state index in [2.05, 4.69) is 32.9 Å². The molecule has 0 aromatic carbocycles. The number of nitrogens with zero attached hydrogens (tertiary/aromatic N) is 2. The number of hydrogen-bond acceptors (Lipinski definition) is 5. The normalized spacial score (nSPS) is 10.7. The zero-order valence-electron chi connectivity index (χ0n) is 12.0. The van der Waals surface area contributed by atoms with Crippen LogP contribution in [0.3, 0.4) is 0 Å². The summed E-state index contributed by atoms with van der Waals surface area (Å²) in [6.45, 7) is 5.65. The lowest BCUT2D eigenvalue weighted by molar-refractivity contribution is 0.952. The van der Waals surface area contributed by atoms with Crippen molar-refractivity contribution in [3.8, 4) is 0 Å². The summed E-state index contributed by atoms with van der Waals surface area (Å²) in [5.41, 5.74) is 1.08. The molecule has 0 aliphatic rings. The molecular formula is C14H18Cl2N4S. The number of hydrogen-bond donors (Lipinski definition) is 2. The topological polar surface area (TPSA) is 49.8 Å². The standard InChI is InChI=1S/C14H18Cl2N4S/c1-3-5-17-13-11(15)7-12(16)14(20-13)18-6-4-10-8-21-9(2)19-10/h7-8H,3-6H2,1-2H3,(H2,17,18,20). The van der Waals surface area contributed by atoms with E-state index in [1.54, 1.807) is 17.4 Å². The van der Waals surface area contributed by atoms with Crippen LogP contribution in [0.5, 0.6) is 0 Å². The largest absolute Gasteiger partial charge is 0.369 e. The van der Waals surface area contributed by atoms with Gasteiger partial charge in [-0.25, -0.2) is 9.97 Å². The predicted octanol–water partition coefficient (Wildman–Crippen LogP) is 4.63. The van der Waals surface area contributed by atoms with E-state index >= 15 is 0 Å². The summed E-state index contributed by atoms with van der Waals surface area (Å²) in [5, 5.41) is 10.6. The minimum absolute atomic E-state index is 0.525. The van der Waals surface area contributed by atoms with Crippen LogP contribution in [0.4, 0.5) is 11.6 Å². The van der Waals surface area contributed by atoms with Gasteiger partial charge in [0.25, 0.3) is 0 Å². The van der Waals surface area contributed by atoms with Crippen molar-refractivity contribution < 1.29 is 0 Å². The molecule has 2 rings (SSSR count). The lowest BCUT2D eigenvalue weighted by Gasteiger charge is -2.11. The second kappa shape index (κ2) is 7.82. The maximum Gasteiger partial charge on any atom is 0.147 e. The lowest BCUT2D eigenvalue weighted by Crippen LogP contribution is -2.09. The van der Waals surface area contributed by atoms with Gasteiger partial charge in [0.1, 0.15) is 11.6 Å². The van der Waals surface area contributed by atoms with Crippen LogP contribution in [0.15, 0.2) is 11.4 Å². The molecule has 4 nitrogen and oxygen atoms in total. The fraction of sp³-hybridized carbons (Fsp3) is 0.429. The number of nitrogens with one attached hydrogen (secondary N) is 2. The third-order valence-electron chi connectivity index (χ3n) is 2.81. The number of thiazole rings is 1. The monoisotopic (exact) mass is 344 g/mol. The Labute approximate surface area is 138 Å². The van der Waals surface area contributed by atoms with Gasteiger partial charge in [-0.05, 0) is 19.4 Å². The molecule has 0 radical (unpaired) electrons. The Morgan fingerprint density at radius 2 is 1.76 bits per heavy atom. The number of halogens is 2. The summed E-state index contributed by atoms with van der Waals surface area (Å²) in [6.07, 6.45) is 1.84. The van der Waals surface area contributed by atoms with E-state index in [0.717, 1.165) is 36.6 Å². The molecule has 0 atom stereocenters. The van der Waals surface area contributed by atoms with Crippen LogP contribution in [0.2, 0.25) is 10.0 Å². The number of aromatic nitrogens is 2. The first-order valence-electron chi connectivity index (χ1n) is 6.85. The third kappa shape index (κ3) is 4.73. The van der Waals surface area contributed by atoms with Gasteiger partial charge in [-0.1, -0.05) is 30.1 Å². The molecule has 2 aromatic heterocycles. The molecule has 0 fully saturated rings. The zero-order valence-corrected chi connectivity index (χ0v) is 14.4. The number of rotatable bonds is 7. The van der Waals surface area contributed by atoms with Gasteiger partial charge in [0.2, 0.25) is 0 Å². The van der Waals surface area contributed by atoms with Crippen LogP contribution in [-0.2, 0) is 6.42 Å². The van der Waals surface area contributed by atoms with Crippen LogP contribution >= 0.6 is 34.5 Å². The third-order valence-corrected chi connectivity index (χ3v) is 4.21. The molecule has 2 aromatic rings. The number of aryl methyl sites for hydroxylation is 1. The molecule has 21 heavy (non-hydrogen) atoms. The van der Waals surface area contributed by atoms with Crippen molar-refractivity contribution in [1.82, 2.24) is 9.97 Å². The zero-order chi connectivity index (χ0) is 15.2. The van der Waals surface area contributed by atoms with Gasteiger partial charge in [-0.15, -0.1) is 11.3 Å². The molecule has 0 spiro atoms. The van der Waals surface area contributed by atoms with Crippen molar-refractivity contribution in [3.63, 3.8) is 0 Å². The molecule has 7 heteroatoms. The second-order valence-electron chi connectivity index (χ2n) is 4.61. The van der Waals surface area contributed by atoms with Gasteiger partial charge < -0.3 is 10.6 Å². The first kappa shape index (κ1) is 16.3. The number of pyridine rings is 1. The van der Waals surface area contributed by atoms with E-state index < -0.39 is 0 Å². The van der Waals surface area contributed by atoms with Crippen molar-refractivity contribution in [2.45, 2.75) is 26.7 Å². The summed E-state index contributed by atoms with van der Waals surface area (Å²) in [4.78, 5) is 8.87. The minimum Gasteiger partial charge on any atom is -0.369 e. The Hall–Kier alpha value is -1.04. The first-order valence-corrected chi connectivity index (χ1v) is 8.48. The summed E-state index contributed by atoms with van der Waals surface area (Å²) < 4.78 is 0. The molecule has 0 amide bonds. The minimum atomic E-state index is 0.525. The van der Waals surface area contributed by atoms with E-state index in [-0.39, 0.29) is 0 Å². The fourth-order valence-corrected chi connectivity index (χ4v) is 2.93. The summed E-state index contributed by atoms with van der Waals surface area (Å²) in [6, 6.07) is 1.71. The lowest BCUT2D eigenvalue weighted by atomic mass is 10.3. The van der Waals surface area contributed by atoms with Crippen molar-refractivity contribution >= 4 is 46.2 Å². The van der Waals surface area contributed by atoms with E-state index in [1.165, 1.54) is 0 Å². The van der Waals surface area contributed by atoms with E-state index in [1.807, 2.05) is 6.92 Å². The van der Waals surface area contributed by atoms with Crippen LogP contribution in [0.1, 0.15) is 24.0 Å². The highest BCUT2D eigenvalue weighted by molar-refractivity contribution is 7.09. The van der Waals surface area contributed by atoms with Crippen LogP contribution in [0.25, 0.3) is 0 Å². The highest BCUT2D eigenvalue weighted by Crippen LogP contribution is 2.29. The Morgan fingerprint density at radius 3 is 2.33 bits per heavy atom. The van der Waals surface area contributed by atoms with E-state index in [9.17, 15) is 0 Å². The van der Waals surface area contributed by atoms with Gasteiger partial charge in [0, 0.05) is 24.9 Å². The van der Waals surface area contributed by atoms with Crippen molar-refractivity contribution in [2.75, 3.05) is 23.7 Å². The molecule has 2 N–H and O–H groups in total. The molecule has 2 heterocycles. The van der Waals surface area contributed by atoms with Crippen molar-refractivity contribution in [3.05, 3.63) is 32.2 Å². The van der Waals surface area contributed by atoms with Gasteiger partial charge in [-0.2, -0.15) is 0 Å². The average Bonchev–Trinajstić information content (AvgIpc) is 2.85. The maximum atomic E-state index is 6.17. The summed E-state index contributed by atoms with van der Waals surface area (Å²) in [7, 11) is 0. The van der Waals surface area contributed by atoms with Gasteiger partial charge >= 0.3 is 0 Å². The fourth-order valence-electron chi connectivity index (χ4n) is 1.79. The molecule has 0 aliphatic heterocycles. The molecule has 0 unspecified atom stereocenters. The second-order valence-corrected chi connectivity index (χ2v) is 6.49. The van der Waals surface area contributed by atoms with E-state index in [0.29, 0.717) is 21.7 Å². The van der Waals surface area contributed by atoms with Gasteiger partial charge in [0.15, 0.2) is 0 Å². The molecule has 0 saturated heterocycles. The smallest absolute Gasteiger partial charge is 0.147 e. The van der Waals surface area contributed by atoms with Crippen molar-refractivity contribution in [2.24, 2.45) is 0 Å². The van der Waals surface area contributed by atoms with Gasteiger partial charge in [0.05, 0.1) is 20.7 Å². The molecule has 0 saturated carbocycles.